The molecule has 0 spiro atoms. The van der Waals surface area contributed by atoms with Crippen LogP contribution >= 0.6 is 0 Å². The van der Waals surface area contributed by atoms with Gasteiger partial charge in [-0.3, -0.25) is 4.79 Å². The minimum Gasteiger partial charge on any atom is -0.480 e. The zero-order chi connectivity index (χ0) is 25.1. The van der Waals surface area contributed by atoms with Crippen molar-refractivity contribution in [1.82, 2.24) is 4.98 Å². The highest BCUT2D eigenvalue weighted by molar-refractivity contribution is 7.92. The fourth-order valence-electron chi connectivity index (χ4n) is 3.54. The van der Waals surface area contributed by atoms with E-state index in [2.05, 4.69) is 31.1 Å². The summed E-state index contributed by atoms with van der Waals surface area (Å²) in [5.74, 6) is -1.88. The first kappa shape index (κ1) is 25.3. The number of pyridine rings is 1. The lowest BCUT2D eigenvalue weighted by atomic mass is 9.86. The standard InChI is InChI=1S/C25H28FN3O4S/c1-24(2,3)18-13-11-17(12-14-18)15-25(27,34(32,33)20-8-5-4-7-19(20)26)21-9-6-10-22(29-21)28-16-23(30)31/h4-14H,15-16,27H2,1-3H3,(H,28,29)(H,30,31). The highest BCUT2D eigenvalue weighted by Crippen LogP contribution is 2.35. The Kier molecular flexibility index (Phi) is 7.09. The summed E-state index contributed by atoms with van der Waals surface area (Å²) in [6, 6.07) is 16.9. The molecule has 2 aromatic carbocycles. The molecule has 1 unspecified atom stereocenters. The van der Waals surface area contributed by atoms with Crippen LogP contribution in [-0.2, 0) is 31.3 Å². The van der Waals surface area contributed by atoms with Crippen LogP contribution in [0.15, 0.2) is 71.6 Å². The number of carbonyl (C=O) groups is 1. The van der Waals surface area contributed by atoms with Gasteiger partial charge in [-0.05, 0) is 40.8 Å². The number of nitrogens with one attached hydrogen (secondary N) is 1. The Morgan fingerprint density at radius 1 is 1.03 bits per heavy atom. The fourth-order valence-corrected chi connectivity index (χ4v) is 5.26. The second-order valence-corrected chi connectivity index (χ2v) is 11.3. The first-order valence-electron chi connectivity index (χ1n) is 10.7. The van der Waals surface area contributed by atoms with Crippen LogP contribution in [0.25, 0.3) is 0 Å². The van der Waals surface area contributed by atoms with Crippen molar-refractivity contribution in [3.8, 4) is 0 Å². The van der Waals surface area contributed by atoms with E-state index >= 15 is 0 Å². The number of halogens is 1. The Morgan fingerprint density at radius 2 is 1.68 bits per heavy atom. The summed E-state index contributed by atoms with van der Waals surface area (Å²) >= 11 is 0. The Morgan fingerprint density at radius 3 is 2.26 bits per heavy atom. The van der Waals surface area contributed by atoms with E-state index in [1.54, 1.807) is 12.1 Å². The Labute approximate surface area is 198 Å². The second-order valence-electron chi connectivity index (χ2n) is 9.10. The molecule has 34 heavy (non-hydrogen) atoms. The highest BCUT2D eigenvalue weighted by Gasteiger charge is 2.45. The topological polar surface area (TPSA) is 122 Å². The third-order valence-corrected chi connectivity index (χ3v) is 7.72. The van der Waals surface area contributed by atoms with Crippen molar-refractivity contribution < 1.29 is 22.7 Å². The third kappa shape index (κ3) is 5.26. The number of aliphatic carboxylic acids is 1. The molecule has 4 N–H and O–H groups in total. The van der Waals surface area contributed by atoms with E-state index < -0.39 is 37.9 Å². The van der Waals surface area contributed by atoms with Crippen molar-refractivity contribution >= 4 is 21.6 Å². The number of aromatic nitrogens is 1. The summed E-state index contributed by atoms with van der Waals surface area (Å²) in [7, 11) is -4.47. The number of rotatable bonds is 8. The van der Waals surface area contributed by atoms with Crippen LogP contribution < -0.4 is 11.1 Å². The number of benzene rings is 2. The van der Waals surface area contributed by atoms with Crippen molar-refractivity contribution in [3.63, 3.8) is 0 Å². The molecule has 1 aromatic heterocycles. The van der Waals surface area contributed by atoms with Gasteiger partial charge in [0.15, 0.2) is 4.87 Å². The Hall–Kier alpha value is -3.30. The minimum atomic E-state index is -4.47. The average Bonchev–Trinajstić information content (AvgIpc) is 2.77. The molecule has 1 heterocycles. The summed E-state index contributed by atoms with van der Waals surface area (Å²) < 4.78 is 42.1. The number of nitrogens with zero attached hydrogens (tertiary/aromatic N) is 1. The normalized spacial score (nSPS) is 13.8. The molecule has 0 saturated carbocycles. The zero-order valence-corrected chi connectivity index (χ0v) is 20.1. The van der Waals surface area contributed by atoms with Crippen LogP contribution in [0.5, 0.6) is 0 Å². The molecule has 9 heteroatoms. The zero-order valence-electron chi connectivity index (χ0n) is 19.2. The van der Waals surface area contributed by atoms with E-state index in [-0.39, 0.29) is 23.3 Å². The predicted molar refractivity (Wildman–Crippen MR) is 129 cm³/mol. The van der Waals surface area contributed by atoms with E-state index in [1.165, 1.54) is 36.4 Å². The van der Waals surface area contributed by atoms with Gasteiger partial charge in [-0.25, -0.2) is 17.8 Å². The van der Waals surface area contributed by atoms with Gasteiger partial charge in [0.05, 0.1) is 5.69 Å². The fraction of sp³-hybridized carbons (Fsp3) is 0.280. The lowest BCUT2D eigenvalue weighted by molar-refractivity contribution is -0.134. The van der Waals surface area contributed by atoms with Crippen LogP contribution in [-0.4, -0.2) is 31.0 Å². The largest absolute Gasteiger partial charge is 0.480 e. The maximum atomic E-state index is 14.6. The molecule has 0 amide bonds. The Bertz CT molecular complexity index is 1290. The van der Waals surface area contributed by atoms with E-state index in [9.17, 15) is 17.6 Å². The molecule has 3 rings (SSSR count). The summed E-state index contributed by atoms with van der Waals surface area (Å²) in [5.41, 5.74) is 8.18. The summed E-state index contributed by atoms with van der Waals surface area (Å²) in [4.78, 5) is 12.6. The lowest BCUT2D eigenvalue weighted by Crippen LogP contribution is -2.47. The summed E-state index contributed by atoms with van der Waals surface area (Å²) in [6.45, 7) is 5.79. The van der Waals surface area contributed by atoms with E-state index in [4.69, 9.17) is 10.8 Å². The van der Waals surface area contributed by atoms with Crippen LogP contribution in [0.2, 0.25) is 0 Å². The summed E-state index contributed by atoms with van der Waals surface area (Å²) in [5, 5.41) is 11.5. The predicted octanol–water partition coefficient (Wildman–Crippen LogP) is 3.84. The van der Waals surface area contributed by atoms with Gasteiger partial charge in [0.25, 0.3) is 0 Å². The molecule has 0 fully saturated rings. The first-order valence-corrected chi connectivity index (χ1v) is 12.1. The highest BCUT2D eigenvalue weighted by atomic mass is 32.2. The maximum Gasteiger partial charge on any atom is 0.322 e. The SMILES string of the molecule is CC(C)(C)c1ccc(CC(N)(c2cccc(NCC(=O)O)n2)S(=O)(=O)c2ccccc2F)cc1. The number of hydrogen-bond acceptors (Lipinski definition) is 6. The third-order valence-electron chi connectivity index (χ3n) is 5.50. The number of nitrogens with two attached hydrogens (primary N) is 1. The molecule has 7 nitrogen and oxygen atoms in total. The first-order chi connectivity index (χ1) is 15.8. The number of anilines is 1. The van der Waals surface area contributed by atoms with Gasteiger partial charge in [0.1, 0.15) is 23.1 Å². The molecular formula is C25H28FN3O4S. The van der Waals surface area contributed by atoms with Gasteiger partial charge < -0.3 is 16.2 Å². The van der Waals surface area contributed by atoms with Gasteiger partial charge in [0.2, 0.25) is 9.84 Å². The minimum absolute atomic E-state index is 0.0361. The maximum absolute atomic E-state index is 14.6. The monoisotopic (exact) mass is 485 g/mol. The van der Waals surface area contributed by atoms with E-state index in [0.29, 0.717) is 5.56 Å². The number of sulfone groups is 1. The van der Waals surface area contributed by atoms with Crippen molar-refractivity contribution in [2.75, 3.05) is 11.9 Å². The Balaban J connectivity index is 2.13. The van der Waals surface area contributed by atoms with Crippen molar-refractivity contribution in [3.05, 3.63) is 89.4 Å². The van der Waals surface area contributed by atoms with Crippen LogP contribution in [0.1, 0.15) is 37.6 Å². The quantitative estimate of drug-likeness (QED) is 0.443. The van der Waals surface area contributed by atoms with E-state index in [1.807, 2.05) is 12.1 Å². The van der Waals surface area contributed by atoms with Gasteiger partial charge in [-0.15, -0.1) is 0 Å². The molecular weight excluding hydrogens is 457 g/mol. The number of carboxylic acids is 1. The molecule has 0 bridgehead atoms. The van der Waals surface area contributed by atoms with Crippen molar-refractivity contribution in [2.45, 2.75) is 42.4 Å². The molecule has 0 saturated heterocycles. The molecule has 0 aliphatic rings. The smallest absolute Gasteiger partial charge is 0.322 e. The molecule has 1 atom stereocenters. The van der Waals surface area contributed by atoms with E-state index in [0.717, 1.165) is 11.6 Å². The van der Waals surface area contributed by atoms with Crippen molar-refractivity contribution in [1.29, 1.82) is 0 Å². The average molecular weight is 486 g/mol. The molecule has 0 aliphatic heterocycles. The molecule has 0 radical (unpaired) electrons. The van der Waals surface area contributed by atoms with Crippen LogP contribution in [0.3, 0.4) is 0 Å². The van der Waals surface area contributed by atoms with Gasteiger partial charge in [0, 0.05) is 6.42 Å². The van der Waals surface area contributed by atoms with Gasteiger partial charge >= 0.3 is 5.97 Å². The van der Waals surface area contributed by atoms with Gasteiger partial charge in [-0.2, -0.15) is 0 Å². The molecule has 180 valence electrons. The number of carboxylic acid groups (broad SMARTS) is 1. The molecule has 3 aromatic rings. The van der Waals surface area contributed by atoms with Crippen LogP contribution in [0.4, 0.5) is 10.2 Å². The summed E-state index contributed by atoms with van der Waals surface area (Å²) in [6.07, 6.45) is -0.177. The van der Waals surface area contributed by atoms with Gasteiger partial charge in [-0.1, -0.05) is 63.2 Å². The lowest BCUT2D eigenvalue weighted by Gasteiger charge is -2.30. The second kappa shape index (κ2) is 9.52. The number of hydrogen-bond donors (Lipinski definition) is 3. The molecule has 0 aliphatic carbocycles. The van der Waals surface area contributed by atoms with Crippen LogP contribution in [0, 0.1) is 5.82 Å². The van der Waals surface area contributed by atoms with Crippen molar-refractivity contribution in [2.24, 2.45) is 5.73 Å².